The third-order valence-electron chi connectivity index (χ3n) is 4.40. The molecule has 0 saturated heterocycles. The fourth-order valence-corrected chi connectivity index (χ4v) is 2.81. The summed E-state index contributed by atoms with van der Waals surface area (Å²) in [6.07, 6.45) is 7.02. The Bertz CT molecular complexity index is 949. The van der Waals surface area contributed by atoms with Crippen molar-refractivity contribution < 1.29 is 14.7 Å². The van der Waals surface area contributed by atoms with Gasteiger partial charge in [0, 0.05) is 28.3 Å². The second-order valence-corrected chi connectivity index (χ2v) is 6.32. The van der Waals surface area contributed by atoms with Gasteiger partial charge in [-0.2, -0.15) is 0 Å². The van der Waals surface area contributed by atoms with Gasteiger partial charge in [-0.25, -0.2) is 4.98 Å². The number of nitrogens with zero attached hydrogens (tertiary/aromatic N) is 2. The first-order valence-corrected chi connectivity index (χ1v) is 8.02. The number of anilines is 1. The smallest absolute Gasteiger partial charge is 0.230 e. The van der Waals surface area contributed by atoms with Crippen LogP contribution in [-0.2, 0) is 4.79 Å². The SMILES string of the molecule is C.C.Cc1cc[n+](O)cc1-c1ccc2cc(NC(=O)C3CC3)ncc2c1. The number of carbonyl (C=O) groups is 1. The highest BCUT2D eigenvalue weighted by molar-refractivity contribution is 5.96. The third-order valence-corrected chi connectivity index (χ3v) is 4.40. The lowest BCUT2D eigenvalue weighted by Gasteiger charge is -2.07. The van der Waals surface area contributed by atoms with Crippen LogP contribution in [0.4, 0.5) is 5.82 Å². The number of hydrogen-bond donors (Lipinski definition) is 2. The molecule has 2 N–H and O–H groups in total. The predicted octanol–water partition coefficient (Wildman–Crippen LogP) is 4.36. The molecule has 4 rings (SSSR count). The molecular weight excluding hydrogens is 326 g/mol. The first-order valence-electron chi connectivity index (χ1n) is 8.02. The molecule has 0 radical (unpaired) electrons. The van der Waals surface area contributed by atoms with Crippen LogP contribution >= 0.6 is 0 Å². The fraction of sp³-hybridized carbons (Fsp3) is 0.286. The van der Waals surface area contributed by atoms with Crippen molar-refractivity contribution in [2.75, 3.05) is 5.32 Å². The van der Waals surface area contributed by atoms with Crippen molar-refractivity contribution in [2.24, 2.45) is 5.92 Å². The number of aromatic nitrogens is 2. The Labute approximate surface area is 154 Å². The van der Waals surface area contributed by atoms with Crippen LogP contribution in [0.2, 0.25) is 0 Å². The first-order chi connectivity index (χ1) is 11.6. The summed E-state index contributed by atoms with van der Waals surface area (Å²) in [4.78, 5) is 16.2. The minimum absolute atomic E-state index is 0. The van der Waals surface area contributed by atoms with Gasteiger partial charge in [0.05, 0.1) is 5.56 Å². The van der Waals surface area contributed by atoms with Crippen molar-refractivity contribution in [3.63, 3.8) is 0 Å². The summed E-state index contributed by atoms with van der Waals surface area (Å²) in [6.45, 7) is 2.01. The van der Waals surface area contributed by atoms with Crippen LogP contribution in [0.1, 0.15) is 33.3 Å². The Morgan fingerprint density at radius 3 is 2.69 bits per heavy atom. The molecule has 5 nitrogen and oxygen atoms in total. The predicted molar refractivity (Wildman–Crippen MR) is 104 cm³/mol. The van der Waals surface area contributed by atoms with Gasteiger partial charge in [0.15, 0.2) is 0 Å². The van der Waals surface area contributed by atoms with Crippen molar-refractivity contribution in [2.45, 2.75) is 34.6 Å². The minimum Gasteiger partial charge on any atom is -0.310 e. The van der Waals surface area contributed by atoms with Crippen molar-refractivity contribution in [1.82, 2.24) is 4.98 Å². The number of hydrogen-bond acceptors (Lipinski definition) is 3. The van der Waals surface area contributed by atoms with Crippen molar-refractivity contribution in [3.05, 3.63) is 54.5 Å². The van der Waals surface area contributed by atoms with Crippen molar-refractivity contribution in [1.29, 1.82) is 0 Å². The van der Waals surface area contributed by atoms with E-state index in [1.165, 1.54) is 0 Å². The second-order valence-electron chi connectivity index (χ2n) is 6.32. The highest BCUT2D eigenvalue weighted by atomic mass is 16.5. The maximum absolute atomic E-state index is 11.8. The summed E-state index contributed by atoms with van der Waals surface area (Å²) in [5.41, 5.74) is 3.06. The van der Waals surface area contributed by atoms with Gasteiger partial charge in [0.1, 0.15) is 5.82 Å². The third kappa shape index (κ3) is 3.82. The molecule has 26 heavy (non-hydrogen) atoms. The van der Waals surface area contributed by atoms with E-state index in [1.807, 2.05) is 37.3 Å². The average Bonchev–Trinajstić information content (AvgIpc) is 3.42. The molecule has 1 aliphatic carbocycles. The number of aryl methyl sites for hydroxylation is 1. The molecule has 2 heterocycles. The number of fused-ring (bicyclic) bond motifs is 1. The van der Waals surface area contributed by atoms with E-state index in [0.717, 1.165) is 45.0 Å². The van der Waals surface area contributed by atoms with E-state index in [0.29, 0.717) is 5.82 Å². The first kappa shape index (κ1) is 19.4. The molecule has 1 saturated carbocycles. The normalized spacial score (nSPS) is 12.8. The summed E-state index contributed by atoms with van der Waals surface area (Å²) < 4.78 is 1.06. The van der Waals surface area contributed by atoms with E-state index in [9.17, 15) is 10.0 Å². The summed E-state index contributed by atoms with van der Waals surface area (Å²) in [5, 5.41) is 14.5. The van der Waals surface area contributed by atoms with Gasteiger partial charge >= 0.3 is 0 Å². The van der Waals surface area contributed by atoms with Crippen LogP contribution in [0.15, 0.2) is 48.9 Å². The van der Waals surface area contributed by atoms with Crippen LogP contribution in [0.25, 0.3) is 21.9 Å². The monoisotopic (exact) mass is 352 g/mol. The second kappa shape index (κ2) is 7.52. The molecule has 1 aliphatic rings. The Kier molecular flexibility index (Phi) is 5.60. The summed E-state index contributed by atoms with van der Waals surface area (Å²) in [5.74, 6) is 0.818. The Balaban J connectivity index is 0.00000121. The van der Waals surface area contributed by atoms with E-state index in [1.54, 1.807) is 18.6 Å². The molecule has 1 aromatic carbocycles. The summed E-state index contributed by atoms with van der Waals surface area (Å²) >= 11 is 0. The zero-order valence-electron chi connectivity index (χ0n) is 13.4. The zero-order chi connectivity index (χ0) is 16.7. The van der Waals surface area contributed by atoms with Crippen molar-refractivity contribution >= 4 is 22.5 Å². The molecule has 0 atom stereocenters. The van der Waals surface area contributed by atoms with Gasteiger partial charge in [-0.15, -0.1) is 0 Å². The zero-order valence-corrected chi connectivity index (χ0v) is 13.4. The molecule has 3 aromatic rings. The average molecular weight is 352 g/mol. The molecule has 0 spiro atoms. The standard InChI is InChI=1S/C19H17N3O2.2CH4/c1-12-6-7-22(24)11-17(12)15-5-4-14-9-18(20-10-16(14)8-15)21-19(23)13-2-3-13;;/h4-11,13H,2-3H2,1H3,(H-,20,21,23,24);2*1H4/p+1. The Morgan fingerprint density at radius 2 is 1.96 bits per heavy atom. The van der Waals surface area contributed by atoms with E-state index in [-0.39, 0.29) is 26.7 Å². The van der Waals surface area contributed by atoms with Gasteiger partial charge in [-0.1, -0.05) is 27.0 Å². The van der Waals surface area contributed by atoms with Crippen LogP contribution < -0.4 is 10.0 Å². The number of rotatable bonds is 3. The lowest BCUT2D eigenvalue weighted by molar-refractivity contribution is -0.904. The van der Waals surface area contributed by atoms with Crippen LogP contribution in [-0.4, -0.2) is 16.1 Å². The quantitative estimate of drug-likeness (QED) is 0.544. The number of amides is 1. The van der Waals surface area contributed by atoms with Crippen LogP contribution in [0.3, 0.4) is 0 Å². The van der Waals surface area contributed by atoms with E-state index >= 15 is 0 Å². The summed E-state index contributed by atoms with van der Waals surface area (Å²) in [7, 11) is 0. The molecular formula is C21H26N3O2+. The van der Waals surface area contributed by atoms with Gasteiger partial charge in [0.2, 0.25) is 18.3 Å². The minimum atomic E-state index is 0. The maximum atomic E-state index is 11.8. The van der Waals surface area contributed by atoms with Crippen molar-refractivity contribution in [3.8, 4) is 11.1 Å². The molecule has 136 valence electrons. The largest absolute Gasteiger partial charge is 0.310 e. The van der Waals surface area contributed by atoms with Gasteiger partial charge < -0.3 is 5.32 Å². The van der Waals surface area contributed by atoms with Crippen LogP contribution in [0.5, 0.6) is 0 Å². The molecule has 0 aliphatic heterocycles. The molecule has 1 amide bonds. The maximum Gasteiger partial charge on any atom is 0.230 e. The molecule has 0 unspecified atom stereocenters. The number of nitrogens with one attached hydrogen (secondary N) is 1. The molecule has 0 bridgehead atoms. The summed E-state index contributed by atoms with van der Waals surface area (Å²) in [6, 6.07) is 9.82. The van der Waals surface area contributed by atoms with Gasteiger partial charge in [0.25, 0.3) is 0 Å². The number of benzene rings is 1. The lowest BCUT2D eigenvalue weighted by Crippen LogP contribution is -2.28. The molecule has 2 aromatic heterocycles. The molecule has 5 heteroatoms. The number of pyridine rings is 2. The molecule has 1 fully saturated rings. The highest BCUT2D eigenvalue weighted by Gasteiger charge is 2.29. The number of carbonyl (C=O) groups excluding carboxylic acids is 1. The lowest BCUT2D eigenvalue weighted by atomic mass is 10.0. The van der Waals surface area contributed by atoms with Crippen LogP contribution in [0, 0.1) is 12.8 Å². The van der Waals surface area contributed by atoms with E-state index in [2.05, 4.69) is 10.3 Å². The fourth-order valence-electron chi connectivity index (χ4n) is 2.81. The highest BCUT2D eigenvalue weighted by Crippen LogP contribution is 2.31. The van der Waals surface area contributed by atoms with Gasteiger partial charge in [-0.05, 0) is 48.4 Å². The van der Waals surface area contributed by atoms with E-state index < -0.39 is 0 Å². The Morgan fingerprint density at radius 1 is 1.19 bits per heavy atom. The van der Waals surface area contributed by atoms with Gasteiger partial charge in [-0.3, -0.25) is 10.0 Å². The Hall–Kier alpha value is -2.95. The topological polar surface area (TPSA) is 66.1 Å². The van der Waals surface area contributed by atoms with E-state index in [4.69, 9.17) is 0 Å².